The summed E-state index contributed by atoms with van der Waals surface area (Å²) in [6.45, 7) is 0. The molecule has 0 unspecified atom stereocenters. The molecule has 4 nitrogen and oxygen atoms in total. The molecule has 0 fully saturated rings. The van der Waals surface area contributed by atoms with Gasteiger partial charge in [-0.1, -0.05) is 41.4 Å². The van der Waals surface area contributed by atoms with Crippen LogP contribution in [0.4, 0.5) is 17.5 Å². The number of nitrogens with one attached hydrogen (secondary N) is 2. The zero-order valence-corrected chi connectivity index (χ0v) is 12.7. The highest BCUT2D eigenvalue weighted by atomic mass is 35.5. The molecule has 1 aromatic heterocycles. The summed E-state index contributed by atoms with van der Waals surface area (Å²) in [5.74, 6) is 1.21. The number of halogens is 2. The number of benzene rings is 2. The highest BCUT2D eigenvalue weighted by Gasteiger charge is 2.10. The van der Waals surface area contributed by atoms with Gasteiger partial charge in [0.15, 0.2) is 0 Å². The lowest BCUT2D eigenvalue weighted by Crippen LogP contribution is -2.02. The lowest BCUT2D eigenvalue weighted by atomic mass is 10.2. The van der Waals surface area contributed by atoms with Crippen molar-refractivity contribution in [1.82, 2.24) is 9.97 Å². The quantitative estimate of drug-likeness (QED) is 0.733. The highest BCUT2D eigenvalue weighted by molar-refractivity contribution is 6.43. The van der Waals surface area contributed by atoms with Crippen molar-refractivity contribution in [2.24, 2.45) is 0 Å². The molecular weight excluding hydrogens is 307 g/mol. The number of aromatic nitrogens is 2. The van der Waals surface area contributed by atoms with Gasteiger partial charge in [-0.15, -0.1) is 0 Å². The first-order valence-corrected chi connectivity index (χ1v) is 7.10. The normalized spacial score (nSPS) is 10.6. The molecule has 0 bridgehead atoms. The lowest BCUT2D eigenvalue weighted by Gasteiger charge is -2.12. The summed E-state index contributed by atoms with van der Waals surface area (Å²) >= 11 is 12.3. The molecule has 0 atom stereocenters. The van der Waals surface area contributed by atoms with Gasteiger partial charge in [-0.2, -0.15) is 4.98 Å². The molecule has 0 aliphatic heterocycles. The third-order valence-electron chi connectivity index (χ3n) is 3.03. The Morgan fingerprint density at radius 1 is 0.952 bits per heavy atom. The summed E-state index contributed by atoms with van der Waals surface area (Å²) in [5, 5.41) is 8.04. The fourth-order valence-electron chi connectivity index (χ4n) is 2.01. The van der Waals surface area contributed by atoms with Crippen LogP contribution in [0, 0.1) is 0 Å². The second-order valence-electron chi connectivity index (χ2n) is 4.39. The summed E-state index contributed by atoms with van der Waals surface area (Å²) in [6.07, 6.45) is 0. The number of para-hydroxylation sites is 1. The standard InChI is InChI=1S/C15H12Cl2N4/c1-18-15-20-11-7-3-2-5-9(11)14(21-15)19-12-8-4-6-10(16)13(12)17/h2-8H,1H3,(H2,18,19,20,21). The maximum atomic E-state index is 6.21. The van der Waals surface area contributed by atoms with E-state index >= 15 is 0 Å². The van der Waals surface area contributed by atoms with Crippen LogP contribution in [-0.4, -0.2) is 17.0 Å². The van der Waals surface area contributed by atoms with Crippen LogP contribution in [0.25, 0.3) is 10.9 Å². The van der Waals surface area contributed by atoms with Crippen LogP contribution in [0.2, 0.25) is 10.0 Å². The zero-order valence-electron chi connectivity index (χ0n) is 11.2. The van der Waals surface area contributed by atoms with E-state index in [9.17, 15) is 0 Å². The van der Waals surface area contributed by atoms with Crippen molar-refractivity contribution in [3.63, 3.8) is 0 Å². The Morgan fingerprint density at radius 3 is 2.57 bits per heavy atom. The molecular formula is C15H12Cl2N4. The van der Waals surface area contributed by atoms with Gasteiger partial charge in [-0.3, -0.25) is 0 Å². The predicted molar refractivity (Wildman–Crippen MR) is 88.8 cm³/mol. The van der Waals surface area contributed by atoms with E-state index in [1.54, 1.807) is 13.1 Å². The fourth-order valence-corrected chi connectivity index (χ4v) is 2.36. The smallest absolute Gasteiger partial charge is 0.224 e. The molecule has 0 saturated carbocycles. The third-order valence-corrected chi connectivity index (χ3v) is 3.85. The van der Waals surface area contributed by atoms with Crippen molar-refractivity contribution in [3.8, 4) is 0 Å². The van der Waals surface area contributed by atoms with Gasteiger partial charge in [0.05, 0.1) is 21.2 Å². The van der Waals surface area contributed by atoms with Crippen molar-refractivity contribution in [3.05, 3.63) is 52.5 Å². The van der Waals surface area contributed by atoms with Crippen molar-refractivity contribution in [1.29, 1.82) is 0 Å². The first-order chi connectivity index (χ1) is 10.2. The fraction of sp³-hybridized carbons (Fsp3) is 0.0667. The Labute approximate surface area is 132 Å². The number of anilines is 3. The summed E-state index contributed by atoms with van der Waals surface area (Å²) in [4.78, 5) is 8.87. The molecule has 21 heavy (non-hydrogen) atoms. The van der Waals surface area contributed by atoms with E-state index in [1.165, 1.54) is 0 Å². The maximum Gasteiger partial charge on any atom is 0.224 e. The summed E-state index contributed by atoms with van der Waals surface area (Å²) in [6, 6.07) is 13.2. The van der Waals surface area contributed by atoms with E-state index in [4.69, 9.17) is 23.2 Å². The van der Waals surface area contributed by atoms with Gasteiger partial charge in [0.1, 0.15) is 5.82 Å². The highest BCUT2D eigenvalue weighted by Crippen LogP contribution is 2.33. The SMILES string of the molecule is CNc1nc(Nc2cccc(Cl)c2Cl)c2ccccc2n1. The molecule has 106 valence electrons. The largest absolute Gasteiger partial charge is 0.357 e. The minimum Gasteiger partial charge on any atom is -0.357 e. The van der Waals surface area contributed by atoms with Gasteiger partial charge in [0.2, 0.25) is 5.95 Å². The number of hydrogen-bond donors (Lipinski definition) is 2. The summed E-state index contributed by atoms with van der Waals surface area (Å²) < 4.78 is 0. The molecule has 2 N–H and O–H groups in total. The average molecular weight is 319 g/mol. The molecule has 0 radical (unpaired) electrons. The zero-order chi connectivity index (χ0) is 14.8. The van der Waals surface area contributed by atoms with Crippen LogP contribution in [0.5, 0.6) is 0 Å². The second-order valence-corrected chi connectivity index (χ2v) is 5.17. The summed E-state index contributed by atoms with van der Waals surface area (Å²) in [5.41, 5.74) is 1.55. The molecule has 0 saturated heterocycles. The second kappa shape index (κ2) is 5.76. The maximum absolute atomic E-state index is 6.21. The molecule has 3 rings (SSSR count). The minimum absolute atomic E-state index is 0.466. The van der Waals surface area contributed by atoms with Gasteiger partial charge >= 0.3 is 0 Å². The number of hydrogen-bond acceptors (Lipinski definition) is 4. The Kier molecular flexibility index (Phi) is 3.82. The van der Waals surface area contributed by atoms with E-state index < -0.39 is 0 Å². The average Bonchev–Trinajstić information content (AvgIpc) is 2.51. The van der Waals surface area contributed by atoms with Crippen LogP contribution in [-0.2, 0) is 0 Å². The van der Waals surface area contributed by atoms with Crippen molar-refractivity contribution < 1.29 is 0 Å². The molecule has 2 aromatic carbocycles. The Balaban J connectivity index is 2.13. The van der Waals surface area contributed by atoms with E-state index in [0.717, 1.165) is 10.9 Å². The number of fused-ring (bicyclic) bond motifs is 1. The van der Waals surface area contributed by atoms with Gasteiger partial charge < -0.3 is 10.6 Å². The number of rotatable bonds is 3. The van der Waals surface area contributed by atoms with E-state index in [1.807, 2.05) is 36.4 Å². The first kappa shape index (κ1) is 13.9. The van der Waals surface area contributed by atoms with E-state index in [2.05, 4.69) is 20.6 Å². The van der Waals surface area contributed by atoms with Gasteiger partial charge in [-0.25, -0.2) is 4.98 Å². The molecule has 6 heteroatoms. The molecule has 0 amide bonds. The molecule has 3 aromatic rings. The van der Waals surface area contributed by atoms with Crippen LogP contribution in [0.1, 0.15) is 0 Å². The topological polar surface area (TPSA) is 49.8 Å². The first-order valence-electron chi connectivity index (χ1n) is 6.34. The lowest BCUT2D eigenvalue weighted by molar-refractivity contribution is 1.19. The Hall–Kier alpha value is -2.04. The van der Waals surface area contributed by atoms with Crippen LogP contribution in [0.15, 0.2) is 42.5 Å². The van der Waals surface area contributed by atoms with Gasteiger partial charge in [0.25, 0.3) is 0 Å². The minimum atomic E-state index is 0.466. The molecule has 1 heterocycles. The van der Waals surface area contributed by atoms with Crippen LogP contribution in [0.3, 0.4) is 0 Å². The van der Waals surface area contributed by atoms with Gasteiger partial charge in [-0.05, 0) is 24.3 Å². The molecule has 0 spiro atoms. The Bertz CT molecular complexity index is 805. The van der Waals surface area contributed by atoms with Crippen LogP contribution < -0.4 is 10.6 Å². The molecule has 0 aliphatic rings. The van der Waals surface area contributed by atoms with E-state index in [-0.39, 0.29) is 0 Å². The predicted octanol–water partition coefficient (Wildman–Crippen LogP) is 4.72. The third kappa shape index (κ3) is 2.73. The van der Waals surface area contributed by atoms with Crippen molar-refractivity contribution in [2.45, 2.75) is 0 Å². The van der Waals surface area contributed by atoms with Crippen molar-refractivity contribution >= 4 is 51.6 Å². The van der Waals surface area contributed by atoms with Crippen LogP contribution >= 0.6 is 23.2 Å². The summed E-state index contributed by atoms with van der Waals surface area (Å²) in [7, 11) is 1.78. The monoisotopic (exact) mass is 318 g/mol. The Morgan fingerprint density at radius 2 is 1.76 bits per heavy atom. The van der Waals surface area contributed by atoms with Crippen molar-refractivity contribution in [2.75, 3.05) is 17.7 Å². The number of nitrogens with zero attached hydrogens (tertiary/aromatic N) is 2. The van der Waals surface area contributed by atoms with E-state index in [0.29, 0.717) is 27.5 Å². The molecule has 0 aliphatic carbocycles. The van der Waals surface area contributed by atoms with Gasteiger partial charge in [0, 0.05) is 12.4 Å².